The molecule has 0 atom stereocenters. The topological polar surface area (TPSA) is 148 Å². The number of aliphatic hydroxyl groups is 3. The number of Topliss-reactive ketones (excluding diaryl/α,β-unsaturated/α-hetero) is 1. The number of H-pyrrole nitrogens is 2. The number of rotatable bonds is 13. The smallest absolute Gasteiger partial charge is 0.167 e. The molecule has 0 aliphatic rings. The van der Waals surface area contributed by atoms with Gasteiger partial charge < -0.3 is 34.9 Å². The Morgan fingerprint density at radius 3 is 1.91 bits per heavy atom. The van der Waals surface area contributed by atoms with Crippen molar-refractivity contribution in [3.05, 3.63) is 96.1 Å². The van der Waals surface area contributed by atoms with Gasteiger partial charge in [0.2, 0.25) is 0 Å². The largest absolute Gasteiger partial charge is 0.491 e. The van der Waals surface area contributed by atoms with Crippen LogP contribution in [0.3, 0.4) is 0 Å². The fraction of sp³-hybridized carbons (Fsp3) is 0.206. The molecule has 10 heteroatoms. The molecule has 0 unspecified atom stereocenters. The highest BCUT2D eigenvalue weighted by molar-refractivity contribution is 6.00. The summed E-state index contributed by atoms with van der Waals surface area (Å²) < 4.78 is 5.43. The van der Waals surface area contributed by atoms with E-state index in [0.29, 0.717) is 30.2 Å². The number of aliphatic hydroxyl groups excluding tert-OH is 3. The fourth-order valence-electron chi connectivity index (χ4n) is 5.22. The Morgan fingerprint density at radius 2 is 1.30 bits per heavy atom. The van der Waals surface area contributed by atoms with Crippen molar-refractivity contribution in [1.29, 1.82) is 0 Å². The summed E-state index contributed by atoms with van der Waals surface area (Å²) in [5.74, 6) is 2.09. The molecule has 2 heterocycles. The van der Waals surface area contributed by atoms with Gasteiger partial charge in [0, 0.05) is 41.9 Å². The maximum atomic E-state index is 13.3. The number of nitrogens with one attached hydrogen (secondary N) is 2. The highest BCUT2D eigenvalue weighted by Gasteiger charge is 2.14. The number of fused-ring (bicyclic) bond motifs is 2. The van der Waals surface area contributed by atoms with Crippen molar-refractivity contribution in [2.75, 3.05) is 44.4 Å². The molecule has 6 rings (SSSR count). The van der Waals surface area contributed by atoms with E-state index in [-0.39, 0.29) is 38.6 Å². The van der Waals surface area contributed by atoms with Crippen LogP contribution in [0, 0.1) is 0 Å². The Hall–Kier alpha value is -5.03. The normalized spacial score (nSPS) is 11.3. The second-order valence-electron chi connectivity index (χ2n) is 10.4. The number of benzene rings is 4. The minimum atomic E-state index is -0.0373. The Kier molecular flexibility index (Phi) is 8.64. The molecule has 0 saturated heterocycles. The van der Waals surface area contributed by atoms with Crippen LogP contribution >= 0.6 is 0 Å². The van der Waals surface area contributed by atoms with Crippen molar-refractivity contribution in [1.82, 2.24) is 19.9 Å². The van der Waals surface area contributed by atoms with Crippen LogP contribution in [-0.4, -0.2) is 80.6 Å². The molecule has 224 valence electrons. The Morgan fingerprint density at radius 1 is 0.705 bits per heavy atom. The quantitative estimate of drug-likeness (QED) is 0.125. The summed E-state index contributed by atoms with van der Waals surface area (Å²) in [7, 11) is 0. The van der Waals surface area contributed by atoms with E-state index in [2.05, 4.69) is 15.0 Å². The summed E-state index contributed by atoms with van der Waals surface area (Å²) in [4.78, 5) is 31.3. The highest BCUT2D eigenvalue weighted by Crippen LogP contribution is 2.26. The predicted molar refractivity (Wildman–Crippen MR) is 170 cm³/mol. The monoisotopic (exact) mass is 591 g/mol. The molecule has 0 bridgehead atoms. The number of imidazole rings is 2. The molecular formula is C34H33N5O5. The van der Waals surface area contributed by atoms with Crippen LogP contribution in [0.5, 0.6) is 5.75 Å². The predicted octanol–water partition coefficient (Wildman–Crippen LogP) is 4.36. The van der Waals surface area contributed by atoms with Crippen LogP contribution in [-0.2, 0) is 6.42 Å². The third-order valence-corrected chi connectivity index (χ3v) is 7.45. The zero-order chi connectivity index (χ0) is 30.5. The lowest BCUT2D eigenvalue weighted by Gasteiger charge is -2.22. The van der Waals surface area contributed by atoms with Gasteiger partial charge in [0.1, 0.15) is 24.0 Å². The number of aromatic nitrogens is 4. The van der Waals surface area contributed by atoms with Crippen LogP contribution in [0.2, 0.25) is 0 Å². The van der Waals surface area contributed by atoms with Crippen LogP contribution in [0.15, 0.2) is 84.9 Å². The van der Waals surface area contributed by atoms with Gasteiger partial charge in [-0.1, -0.05) is 6.07 Å². The van der Waals surface area contributed by atoms with E-state index in [1.165, 1.54) is 0 Å². The molecule has 0 aliphatic heterocycles. The number of carbonyl (C=O) groups is 1. The first-order valence-electron chi connectivity index (χ1n) is 14.5. The van der Waals surface area contributed by atoms with Crippen molar-refractivity contribution in [2.24, 2.45) is 0 Å². The number of ether oxygens (including phenoxy) is 1. The summed E-state index contributed by atoms with van der Waals surface area (Å²) in [6.45, 7) is 1.10. The van der Waals surface area contributed by atoms with Gasteiger partial charge in [0.15, 0.2) is 5.78 Å². The van der Waals surface area contributed by atoms with Crippen molar-refractivity contribution in [3.63, 3.8) is 0 Å². The first-order chi connectivity index (χ1) is 21.5. The molecule has 44 heavy (non-hydrogen) atoms. The lowest BCUT2D eigenvalue weighted by Crippen LogP contribution is -2.29. The molecule has 0 aliphatic carbocycles. The summed E-state index contributed by atoms with van der Waals surface area (Å²) in [5.41, 5.74) is 7.39. The number of anilines is 1. The number of hydrogen-bond donors (Lipinski definition) is 5. The number of carbonyl (C=O) groups excluding carboxylic acids is 1. The average Bonchev–Trinajstić information content (AvgIpc) is 3.68. The van der Waals surface area contributed by atoms with E-state index in [9.17, 15) is 15.0 Å². The van der Waals surface area contributed by atoms with Gasteiger partial charge in [-0.25, -0.2) is 9.97 Å². The Labute approximate surface area is 253 Å². The number of aromatic amines is 2. The molecule has 2 aromatic heterocycles. The second kappa shape index (κ2) is 13.1. The van der Waals surface area contributed by atoms with Gasteiger partial charge in [-0.05, 0) is 84.4 Å². The van der Waals surface area contributed by atoms with E-state index in [4.69, 9.17) is 14.8 Å². The van der Waals surface area contributed by atoms with E-state index < -0.39 is 0 Å². The molecule has 0 amide bonds. The number of ketones is 1. The van der Waals surface area contributed by atoms with Crippen LogP contribution in [0.4, 0.5) is 5.69 Å². The summed E-state index contributed by atoms with van der Waals surface area (Å²) in [6, 6.07) is 26.6. The third-order valence-electron chi connectivity index (χ3n) is 7.45. The van der Waals surface area contributed by atoms with Gasteiger partial charge in [-0.3, -0.25) is 4.79 Å². The van der Waals surface area contributed by atoms with Crippen LogP contribution < -0.4 is 9.64 Å². The lowest BCUT2D eigenvalue weighted by atomic mass is 10.0. The lowest BCUT2D eigenvalue weighted by molar-refractivity contribution is 0.0993. The zero-order valence-corrected chi connectivity index (χ0v) is 24.0. The van der Waals surface area contributed by atoms with Crippen LogP contribution in [0.25, 0.3) is 44.8 Å². The van der Waals surface area contributed by atoms with Crippen molar-refractivity contribution >= 4 is 33.5 Å². The van der Waals surface area contributed by atoms with Crippen molar-refractivity contribution < 1.29 is 24.9 Å². The van der Waals surface area contributed by atoms with Gasteiger partial charge >= 0.3 is 0 Å². The van der Waals surface area contributed by atoms with Gasteiger partial charge in [0.25, 0.3) is 0 Å². The zero-order valence-electron chi connectivity index (χ0n) is 24.0. The first-order valence-corrected chi connectivity index (χ1v) is 14.5. The average molecular weight is 592 g/mol. The minimum absolute atomic E-state index is 0.00202. The second-order valence-corrected chi connectivity index (χ2v) is 10.4. The summed E-state index contributed by atoms with van der Waals surface area (Å²) >= 11 is 0. The molecule has 0 spiro atoms. The summed E-state index contributed by atoms with van der Waals surface area (Å²) in [5, 5.41) is 27.6. The van der Waals surface area contributed by atoms with E-state index in [1.807, 2.05) is 83.8 Å². The van der Waals surface area contributed by atoms with Gasteiger partial charge in [0.05, 0.1) is 41.9 Å². The Bertz CT molecular complexity index is 1870. The van der Waals surface area contributed by atoms with Crippen molar-refractivity contribution in [3.8, 4) is 28.5 Å². The van der Waals surface area contributed by atoms with E-state index in [1.54, 1.807) is 6.07 Å². The first kappa shape index (κ1) is 29.1. The Balaban J connectivity index is 1.16. The molecule has 6 aromatic rings. The summed E-state index contributed by atoms with van der Waals surface area (Å²) in [6.07, 6.45) is 0.243. The van der Waals surface area contributed by atoms with Crippen molar-refractivity contribution in [2.45, 2.75) is 6.42 Å². The highest BCUT2D eigenvalue weighted by atomic mass is 16.5. The molecule has 10 nitrogen and oxygen atoms in total. The number of nitrogens with zero attached hydrogens (tertiary/aromatic N) is 3. The molecule has 4 aromatic carbocycles. The SMILES string of the molecule is O=C(Cc1ccc2nc(-c3ccc(OCCO)cc3)[nH]c2c1)c1ccc2nc(-c3ccc(N(CCO)CCO)cc3)[nH]c2c1. The maximum Gasteiger partial charge on any atom is 0.167 e. The standard InChI is InChI=1S/C34H33N5O5/c40-15-13-39(14-16-41)26-7-2-23(3-8-26)33-36-29-12-6-25(21-31(29)38-33)32(43)20-22-1-11-28-30(19-22)37-34(35-28)24-4-9-27(10-5-24)44-18-17-42/h1-12,19,21,40-42H,13-18,20H2,(H,35,37)(H,36,38). The van der Waals surface area contributed by atoms with E-state index in [0.717, 1.165) is 50.3 Å². The van der Waals surface area contributed by atoms with Crippen LogP contribution in [0.1, 0.15) is 15.9 Å². The maximum absolute atomic E-state index is 13.3. The number of hydrogen-bond acceptors (Lipinski definition) is 8. The fourth-order valence-corrected chi connectivity index (χ4v) is 5.22. The van der Waals surface area contributed by atoms with Gasteiger partial charge in [-0.15, -0.1) is 0 Å². The minimum Gasteiger partial charge on any atom is -0.491 e. The molecule has 5 N–H and O–H groups in total. The molecule has 0 fully saturated rings. The van der Waals surface area contributed by atoms with Gasteiger partial charge in [-0.2, -0.15) is 0 Å². The van der Waals surface area contributed by atoms with E-state index >= 15 is 0 Å². The third kappa shape index (κ3) is 6.32. The molecular weight excluding hydrogens is 558 g/mol. The molecule has 0 radical (unpaired) electrons. The molecule has 0 saturated carbocycles.